The lowest BCUT2D eigenvalue weighted by atomic mass is 9.86. The maximum atomic E-state index is 6.31. The molecule has 0 unspecified atom stereocenters. The van der Waals surface area contributed by atoms with Crippen LogP contribution in [-0.4, -0.2) is 15.0 Å². The monoisotopic (exact) mass is 749 g/mol. The zero-order valence-electron chi connectivity index (χ0n) is 31.6. The van der Waals surface area contributed by atoms with Crippen molar-refractivity contribution in [1.82, 2.24) is 15.0 Å². The second-order valence-corrected chi connectivity index (χ2v) is 15.5. The summed E-state index contributed by atoms with van der Waals surface area (Å²) in [6.45, 7) is 0. The molecule has 0 amide bonds. The summed E-state index contributed by atoms with van der Waals surface area (Å²) in [4.78, 5) is 15.5. The Hall–Kier alpha value is -7.95. The molecule has 4 nitrogen and oxygen atoms in total. The molecule has 2 heterocycles. The zero-order valence-corrected chi connectivity index (χ0v) is 31.6. The van der Waals surface area contributed by atoms with Crippen molar-refractivity contribution in [2.24, 2.45) is 0 Å². The first-order valence-corrected chi connectivity index (χ1v) is 20.0. The van der Waals surface area contributed by atoms with Crippen LogP contribution in [0.4, 0.5) is 0 Å². The van der Waals surface area contributed by atoms with E-state index in [2.05, 4.69) is 146 Å². The van der Waals surface area contributed by atoms with E-state index in [-0.39, 0.29) is 0 Å². The van der Waals surface area contributed by atoms with Gasteiger partial charge < -0.3 is 4.42 Å². The van der Waals surface area contributed by atoms with E-state index in [9.17, 15) is 0 Å². The van der Waals surface area contributed by atoms with E-state index in [4.69, 9.17) is 19.4 Å². The first kappa shape index (κ1) is 32.2. The Bertz CT molecular complexity index is 3840. The first-order valence-electron chi connectivity index (χ1n) is 20.0. The second-order valence-electron chi connectivity index (χ2n) is 15.5. The molecule has 0 bridgehead atoms. The summed E-state index contributed by atoms with van der Waals surface area (Å²) < 4.78 is 6.31. The van der Waals surface area contributed by atoms with Gasteiger partial charge in [0.15, 0.2) is 17.5 Å². The minimum atomic E-state index is 0.588. The van der Waals surface area contributed by atoms with Gasteiger partial charge in [-0.25, -0.2) is 15.0 Å². The SMILES string of the molecule is c1ccc(-c2nc(-c3ccc4c(c3)oc3ccccc34)nc(-c3ccccc3-c3cc4ccc5cccc6c7cccc8ccc9cccc(c(c3)c4c56)c9c87)n2)cc1. The number of hydrogen-bond donors (Lipinski definition) is 0. The lowest BCUT2D eigenvalue weighted by molar-refractivity contribution is 0.669. The van der Waals surface area contributed by atoms with E-state index in [1.807, 2.05) is 42.5 Å². The van der Waals surface area contributed by atoms with Gasteiger partial charge in [0.05, 0.1) is 0 Å². The van der Waals surface area contributed by atoms with Gasteiger partial charge in [-0.1, -0.05) is 158 Å². The maximum Gasteiger partial charge on any atom is 0.164 e. The number of aromatic nitrogens is 3. The molecular formula is C55H31N3O. The lowest BCUT2D eigenvalue weighted by Crippen LogP contribution is -2.01. The van der Waals surface area contributed by atoms with Crippen LogP contribution in [0.5, 0.6) is 0 Å². The zero-order chi connectivity index (χ0) is 38.6. The highest BCUT2D eigenvalue weighted by Gasteiger charge is 2.20. The smallest absolute Gasteiger partial charge is 0.164 e. The number of benzene rings is 10. The molecule has 0 aliphatic heterocycles. The van der Waals surface area contributed by atoms with Gasteiger partial charge in [0.1, 0.15) is 11.2 Å². The molecule has 0 aliphatic carbocycles. The van der Waals surface area contributed by atoms with E-state index < -0.39 is 0 Å². The van der Waals surface area contributed by atoms with Crippen molar-refractivity contribution in [3.8, 4) is 45.3 Å². The highest BCUT2D eigenvalue weighted by Crippen LogP contribution is 2.45. The molecule has 0 atom stereocenters. The van der Waals surface area contributed by atoms with Crippen LogP contribution in [0.25, 0.3) is 132 Å². The third-order valence-corrected chi connectivity index (χ3v) is 12.2. The van der Waals surface area contributed by atoms with Gasteiger partial charge in [0.25, 0.3) is 0 Å². The van der Waals surface area contributed by atoms with Gasteiger partial charge in [-0.3, -0.25) is 0 Å². The number of fused-ring (bicyclic) bond motifs is 5. The van der Waals surface area contributed by atoms with Crippen molar-refractivity contribution in [2.45, 2.75) is 0 Å². The largest absolute Gasteiger partial charge is 0.456 e. The van der Waals surface area contributed by atoms with Crippen molar-refractivity contribution in [3.05, 3.63) is 188 Å². The predicted octanol–water partition coefficient (Wildman–Crippen LogP) is 14.8. The number of nitrogens with zero attached hydrogens (tertiary/aromatic N) is 3. The average Bonchev–Trinajstić information content (AvgIpc) is 3.68. The molecule has 11 aromatic carbocycles. The Morgan fingerprint density at radius 1 is 0.271 bits per heavy atom. The van der Waals surface area contributed by atoms with Crippen molar-refractivity contribution < 1.29 is 4.42 Å². The standard InChI is InChI=1S/C55H31N3O/c1-2-11-35(12-3-1)53-56-54(37-27-28-41-40-17-6-7-22-47(40)59-48(41)31-37)58-55(57-53)45-18-5-4-16-39(45)38-29-36-26-25-34-14-9-20-43-42-19-8-13-32-23-24-33-15-10-21-44(51(33)49(32)42)46(30-38)52(36)50(34)43/h1-31H. The van der Waals surface area contributed by atoms with E-state index in [1.165, 1.54) is 64.6 Å². The molecule has 272 valence electrons. The van der Waals surface area contributed by atoms with Gasteiger partial charge in [-0.2, -0.15) is 0 Å². The molecule has 13 aromatic rings. The summed E-state index contributed by atoms with van der Waals surface area (Å²) in [7, 11) is 0. The van der Waals surface area contributed by atoms with Crippen LogP contribution in [0.3, 0.4) is 0 Å². The normalized spacial score (nSPS) is 12.1. The summed E-state index contributed by atoms with van der Waals surface area (Å²) in [6.07, 6.45) is 0. The first-order chi connectivity index (χ1) is 29.2. The summed E-state index contributed by atoms with van der Waals surface area (Å²) in [5.41, 5.74) is 6.53. The Kier molecular flexibility index (Phi) is 6.69. The third-order valence-electron chi connectivity index (χ3n) is 12.2. The van der Waals surface area contributed by atoms with Crippen LogP contribution in [0.2, 0.25) is 0 Å². The maximum absolute atomic E-state index is 6.31. The van der Waals surface area contributed by atoms with Gasteiger partial charge in [-0.15, -0.1) is 0 Å². The number of para-hydroxylation sites is 1. The minimum absolute atomic E-state index is 0.588. The summed E-state index contributed by atoms with van der Waals surface area (Å²) in [5.74, 6) is 1.81. The van der Waals surface area contributed by atoms with Gasteiger partial charge in [0, 0.05) is 27.5 Å². The van der Waals surface area contributed by atoms with Crippen molar-refractivity contribution >= 4 is 86.6 Å². The van der Waals surface area contributed by atoms with Crippen LogP contribution in [0, 0.1) is 0 Å². The molecule has 0 saturated carbocycles. The van der Waals surface area contributed by atoms with E-state index in [0.29, 0.717) is 17.5 Å². The Morgan fingerprint density at radius 2 is 0.797 bits per heavy atom. The van der Waals surface area contributed by atoms with Crippen molar-refractivity contribution in [3.63, 3.8) is 0 Å². The predicted molar refractivity (Wildman–Crippen MR) is 245 cm³/mol. The highest BCUT2D eigenvalue weighted by molar-refractivity contribution is 6.37. The lowest BCUT2D eigenvalue weighted by Gasteiger charge is -2.18. The van der Waals surface area contributed by atoms with Crippen LogP contribution in [0.1, 0.15) is 0 Å². The van der Waals surface area contributed by atoms with Crippen molar-refractivity contribution in [2.75, 3.05) is 0 Å². The fourth-order valence-electron chi connectivity index (χ4n) is 9.58. The quantitative estimate of drug-likeness (QED) is 0.168. The molecular weight excluding hydrogens is 719 g/mol. The van der Waals surface area contributed by atoms with Crippen LogP contribution < -0.4 is 0 Å². The minimum Gasteiger partial charge on any atom is -0.456 e. The molecule has 0 radical (unpaired) electrons. The Balaban J connectivity index is 1.09. The summed E-state index contributed by atoms with van der Waals surface area (Å²) in [5, 5.41) is 17.2. The number of hydrogen-bond acceptors (Lipinski definition) is 4. The Labute approximate surface area is 338 Å². The van der Waals surface area contributed by atoms with Gasteiger partial charge >= 0.3 is 0 Å². The molecule has 2 aromatic heterocycles. The van der Waals surface area contributed by atoms with Crippen LogP contribution in [0.15, 0.2) is 192 Å². The summed E-state index contributed by atoms with van der Waals surface area (Å²) in [6, 6.07) is 67.1. The van der Waals surface area contributed by atoms with E-state index in [0.717, 1.165) is 49.8 Å². The third kappa shape index (κ3) is 4.81. The highest BCUT2D eigenvalue weighted by atomic mass is 16.3. The fourth-order valence-corrected chi connectivity index (χ4v) is 9.58. The van der Waals surface area contributed by atoms with Crippen LogP contribution in [-0.2, 0) is 0 Å². The Morgan fingerprint density at radius 3 is 1.51 bits per heavy atom. The summed E-state index contributed by atoms with van der Waals surface area (Å²) >= 11 is 0. The van der Waals surface area contributed by atoms with Gasteiger partial charge in [-0.05, 0) is 106 Å². The van der Waals surface area contributed by atoms with Gasteiger partial charge in [0.2, 0.25) is 0 Å². The average molecular weight is 750 g/mol. The number of rotatable bonds is 4. The number of furan rings is 1. The second kappa shape index (κ2) is 12.3. The molecule has 4 heteroatoms. The molecule has 0 spiro atoms. The molecule has 0 fully saturated rings. The van der Waals surface area contributed by atoms with Crippen molar-refractivity contribution in [1.29, 1.82) is 0 Å². The molecule has 0 N–H and O–H groups in total. The van der Waals surface area contributed by atoms with E-state index in [1.54, 1.807) is 0 Å². The molecule has 13 rings (SSSR count). The topological polar surface area (TPSA) is 51.8 Å². The fraction of sp³-hybridized carbons (Fsp3) is 0. The molecule has 59 heavy (non-hydrogen) atoms. The van der Waals surface area contributed by atoms with E-state index >= 15 is 0 Å². The van der Waals surface area contributed by atoms with Crippen LogP contribution >= 0.6 is 0 Å². The molecule has 0 saturated heterocycles. The molecule has 0 aliphatic rings.